The molecule has 5 rings (SSSR count). The number of halogens is 3. The lowest BCUT2D eigenvalue weighted by Gasteiger charge is -2.35. The second kappa shape index (κ2) is 9.08. The van der Waals surface area contributed by atoms with Crippen LogP contribution in [-0.2, 0) is 33.0 Å². The van der Waals surface area contributed by atoms with E-state index < -0.39 is 45.7 Å². The van der Waals surface area contributed by atoms with Crippen molar-refractivity contribution in [2.45, 2.75) is 31.0 Å². The van der Waals surface area contributed by atoms with Crippen LogP contribution < -0.4 is 15.4 Å². The molecule has 15 heteroatoms. The quantitative estimate of drug-likeness (QED) is 0.472. The summed E-state index contributed by atoms with van der Waals surface area (Å²) in [6.07, 6.45) is 0.313. The average Bonchev–Trinajstić information content (AvgIpc) is 3.35. The molecule has 3 heterocycles. The minimum Gasteiger partial charge on any atom is -0.484 e. The summed E-state index contributed by atoms with van der Waals surface area (Å²) in [6, 6.07) is 6.10. The largest absolute Gasteiger partial charge is 0.484 e. The number of fused-ring (bicyclic) bond motifs is 3. The predicted octanol–water partition coefficient (Wildman–Crippen LogP) is 1.71. The van der Waals surface area contributed by atoms with E-state index in [-0.39, 0.29) is 29.4 Å². The number of aromatic nitrogens is 4. The molecule has 0 radical (unpaired) electrons. The van der Waals surface area contributed by atoms with E-state index in [0.717, 1.165) is 17.4 Å². The first-order chi connectivity index (χ1) is 17.8. The molecule has 1 aliphatic heterocycles. The first-order valence-electron chi connectivity index (χ1n) is 11.3. The van der Waals surface area contributed by atoms with E-state index in [2.05, 4.69) is 25.7 Å². The number of aryl methyl sites for hydroxylation is 1. The Kier molecular flexibility index (Phi) is 6.12. The van der Waals surface area contributed by atoms with Gasteiger partial charge in [-0.05, 0) is 36.1 Å². The number of ether oxygens (including phenoxy) is 1. The van der Waals surface area contributed by atoms with Crippen LogP contribution in [0.5, 0.6) is 5.75 Å². The summed E-state index contributed by atoms with van der Waals surface area (Å²) in [7, 11) is -3.65. The maximum absolute atomic E-state index is 13.5. The standard InChI is InChI=1S/C23H21F3N6O5S/c1-38(35,36)10-18(33)29-20-19-16(31-32(20)17-5-7-27-12-28-17)9-22(30-21(19)34)6-4-13-8-14(2-3-15(13)22)37-11-23(24,25)26/h2-3,5,7-8,12H,4,6,9-11H2,1H3,(H,29,33)(H,30,34)/t22-/m1/s1. The minimum atomic E-state index is -4.47. The van der Waals surface area contributed by atoms with Gasteiger partial charge in [0.1, 0.15) is 23.4 Å². The Bertz CT molecular complexity index is 1540. The molecule has 2 N–H and O–H groups in total. The summed E-state index contributed by atoms with van der Waals surface area (Å²) in [4.78, 5) is 33.9. The van der Waals surface area contributed by atoms with Crippen molar-refractivity contribution >= 4 is 27.5 Å². The van der Waals surface area contributed by atoms with E-state index in [4.69, 9.17) is 4.74 Å². The number of benzene rings is 1. The number of nitrogens with zero attached hydrogens (tertiary/aromatic N) is 4. The fraction of sp³-hybridized carbons (Fsp3) is 0.348. The van der Waals surface area contributed by atoms with E-state index in [0.29, 0.717) is 18.5 Å². The summed E-state index contributed by atoms with van der Waals surface area (Å²) in [5, 5.41) is 10.0. The summed E-state index contributed by atoms with van der Waals surface area (Å²) in [6.45, 7) is -1.41. The lowest BCUT2D eigenvalue weighted by molar-refractivity contribution is -0.153. The van der Waals surface area contributed by atoms with Crippen molar-refractivity contribution in [2.75, 3.05) is 23.9 Å². The SMILES string of the molecule is CS(=O)(=O)CC(=O)Nc1c2c(nn1-c1ccncn1)C[C@@]1(CCc3cc(OCC(F)(F)F)ccc31)NC2=O. The number of carbonyl (C=O) groups is 2. The molecule has 3 aromatic rings. The monoisotopic (exact) mass is 550 g/mol. The summed E-state index contributed by atoms with van der Waals surface area (Å²) in [5.41, 5.74) is 1.00. The second-order valence-corrected chi connectivity index (χ2v) is 11.3. The lowest BCUT2D eigenvalue weighted by atomic mass is 9.82. The van der Waals surface area contributed by atoms with E-state index in [1.807, 2.05) is 0 Å². The Morgan fingerprint density at radius 1 is 1.29 bits per heavy atom. The van der Waals surface area contributed by atoms with Crippen LogP contribution in [0.1, 0.15) is 33.6 Å². The molecule has 2 aliphatic rings. The minimum absolute atomic E-state index is 0.0335. The van der Waals surface area contributed by atoms with E-state index in [1.165, 1.54) is 35.4 Å². The molecule has 0 fully saturated rings. The number of amides is 2. The molecule has 0 saturated heterocycles. The number of carbonyl (C=O) groups excluding carboxylic acids is 2. The maximum Gasteiger partial charge on any atom is 0.422 e. The number of alkyl halides is 3. The molecule has 11 nitrogen and oxygen atoms in total. The zero-order valence-electron chi connectivity index (χ0n) is 19.9. The van der Waals surface area contributed by atoms with Crippen LogP contribution >= 0.6 is 0 Å². The molecule has 0 bridgehead atoms. The van der Waals surface area contributed by atoms with Crippen LogP contribution in [0, 0.1) is 0 Å². The fourth-order valence-electron chi connectivity index (χ4n) is 4.83. The van der Waals surface area contributed by atoms with E-state index in [9.17, 15) is 31.2 Å². The Labute approximate surface area is 214 Å². The number of anilines is 1. The number of hydrogen-bond acceptors (Lipinski definition) is 8. The molecule has 1 spiro atoms. The van der Waals surface area contributed by atoms with Crippen LogP contribution in [0.3, 0.4) is 0 Å². The van der Waals surface area contributed by atoms with Crippen LogP contribution in [0.25, 0.3) is 5.82 Å². The van der Waals surface area contributed by atoms with Gasteiger partial charge in [-0.1, -0.05) is 6.07 Å². The topological polar surface area (TPSA) is 145 Å². The number of rotatable bonds is 6. The third-order valence-electron chi connectivity index (χ3n) is 6.26. The van der Waals surface area contributed by atoms with E-state index in [1.54, 1.807) is 6.07 Å². The van der Waals surface area contributed by atoms with Gasteiger partial charge in [0.25, 0.3) is 5.91 Å². The molecular weight excluding hydrogens is 529 g/mol. The third kappa shape index (κ3) is 5.05. The number of nitrogens with one attached hydrogen (secondary N) is 2. The smallest absolute Gasteiger partial charge is 0.422 e. The second-order valence-electron chi connectivity index (χ2n) is 9.20. The highest BCUT2D eigenvalue weighted by atomic mass is 32.2. The maximum atomic E-state index is 13.5. The van der Waals surface area contributed by atoms with Crippen LogP contribution in [0.15, 0.2) is 36.8 Å². The van der Waals surface area contributed by atoms with Crippen molar-refractivity contribution in [1.29, 1.82) is 0 Å². The highest BCUT2D eigenvalue weighted by molar-refractivity contribution is 7.91. The highest BCUT2D eigenvalue weighted by Crippen LogP contribution is 2.44. The number of sulfone groups is 1. The molecule has 0 unspecified atom stereocenters. The van der Waals surface area contributed by atoms with Gasteiger partial charge < -0.3 is 15.4 Å². The Morgan fingerprint density at radius 2 is 2.08 bits per heavy atom. The zero-order chi connectivity index (χ0) is 27.3. The molecule has 1 aliphatic carbocycles. The Balaban J connectivity index is 1.51. The van der Waals surface area contributed by atoms with Crippen molar-refractivity contribution in [3.63, 3.8) is 0 Å². The molecular formula is C23H21F3N6O5S. The summed E-state index contributed by atoms with van der Waals surface area (Å²) in [5.74, 6) is -1.92. The first kappa shape index (κ1) is 25.6. The van der Waals surface area contributed by atoms with Crippen molar-refractivity contribution in [1.82, 2.24) is 25.1 Å². The summed E-state index contributed by atoms with van der Waals surface area (Å²) < 4.78 is 67.0. The lowest BCUT2D eigenvalue weighted by Crippen LogP contribution is -2.49. The van der Waals surface area contributed by atoms with Gasteiger partial charge in [0, 0.05) is 24.9 Å². The molecule has 0 saturated carbocycles. The van der Waals surface area contributed by atoms with Crippen molar-refractivity contribution < 1.29 is 35.9 Å². The summed E-state index contributed by atoms with van der Waals surface area (Å²) >= 11 is 0. The molecule has 2 aromatic heterocycles. The average molecular weight is 551 g/mol. The molecule has 1 atom stereocenters. The van der Waals surface area contributed by atoms with Crippen LogP contribution in [-0.4, -0.2) is 64.8 Å². The van der Waals surface area contributed by atoms with Gasteiger partial charge in [-0.2, -0.15) is 23.0 Å². The van der Waals surface area contributed by atoms with Crippen LogP contribution in [0.2, 0.25) is 0 Å². The molecule has 38 heavy (non-hydrogen) atoms. The van der Waals surface area contributed by atoms with Crippen molar-refractivity contribution in [3.8, 4) is 11.6 Å². The molecule has 2 amide bonds. The Hall–Kier alpha value is -4.01. The third-order valence-corrected chi connectivity index (χ3v) is 7.04. The normalized spacial score (nSPS) is 18.6. The van der Waals surface area contributed by atoms with Crippen molar-refractivity contribution in [2.24, 2.45) is 0 Å². The van der Waals surface area contributed by atoms with E-state index >= 15 is 0 Å². The van der Waals surface area contributed by atoms with Gasteiger partial charge in [0.2, 0.25) is 5.91 Å². The van der Waals surface area contributed by atoms with Gasteiger partial charge in [-0.15, -0.1) is 0 Å². The van der Waals surface area contributed by atoms with Crippen molar-refractivity contribution in [3.05, 3.63) is 59.2 Å². The molecule has 1 aromatic carbocycles. The van der Waals surface area contributed by atoms with Gasteiger partial charge in [-0.3, -0.25) is 9.59 Å². The van der Waals surface area contributed by atoms with Gasteiger partial charge in [0.05, 0.1) is 11.2 Å². The zero-order valence-corrected chi connectivity index (χ0v) is 20.7. The molecule has 200 valence electrons. The van der Waals surface area contributed by atoms with Crippen LogP contribution in [0.4, 0.5) is 19.0 Å². The number of hydrogen-bond donors (Lipinski definition) is 2. The fourth-order valence-corrected chi connectivity index (χ4v) is 5.38. The Morgan fingerprint density at radius 3 is 2.76 bits per heavy atom. The van der Waals surface area contributed by atoms with Gasteiger partial charge >= 0.3 is 6.18 Å². The predicted molar refractivity (Wildman–Crippen MR) is 127 cm³/mol. The highest BCUT2D eigenvalue weighted by Gasteiger charge is 2.47. The van der Waals surface area contributed by atoms with Gasteiger partial charge in [-0.25, -0.2) is 18.4 Å². The first-order valence-corrected chi connectivity index (χ1v) is 13.4. The van der Waals surface area contributed by atoms with Gasteiger partial charge in [0.15, 0.2) is 28.1 Å².